The van der Waals surface area contributed by atoms with Crippen LogP contribution in [0.3, 0.4) is 0 Å². The largest absolute Gasteiger partial charge is 0.507 e. The number of phenolic OH excluding ortho intramolecular Hbond substituents is 1. The molecule has 1 heterocycles. The van der Waals surface area contributed by atoms with Gasteiger partial charge in [0.2, 0.25) is 5.88 Å². The van der Waals surface area contributed by atoms with Gasteiger partial charge < -0.3 is 24.3 Å². The maximum atomic E-state index is 12.7. The lowest BCUT2D eigenvalue weighted by molar-refractivity contribution is -0.00955. The second kappa shape index (κ2) is 10.5. The monoisotopic (exact) mass is 420 g/mol. The van der Waals surface area contributed by atoms with Crippen LogP contribution in [0.5, 0.6) is 17.4 Å². The van der Waals surface area contributed by atoms with Gasteiger partial charge in [-0.05, 0) is 18.6 Å². The second-order valence-corrected chi connectivity index (χ2v) is 13.5. The summed E-state index contributed by atoms with van der Waals surface area (Å²) >= 11 is 0. The van der Waals surface area contributed by atoms with E-state index in [1.54, 1.807) is 18.3 Å². The van der Waals surface area contributed by atoms with Crippen molar-refractivity contribution in [3.63, 3.8) is 0 Å². The smallest absolute Gasteiger partial charge is 0.213 e. The number of ketones is 1. The Morgan fingerprint density at radius 3 is 2.69 bits per heavy atom. The van der Waals surface area contributed by atoms with Gasteiger partial charge in [0.15, 0.2) is 12.6 Å². The maximum Gasteiger partial charge on any atom is 0.213 e. The van der Waals surface area contributed by atoms with E-state index in [-0.39, 0.29) is 36.0 Å². The van der Waals surface area contributed by atoms with Crippen molar-refractivity contribution >= 4 is 13.9 Å². The highest BCUT2D eigenvalue weighted by molar-refractivity contribution is 6.77. The Kier molecular flexibility index (Phi) is 8.28. The van der Waals surface area contributed by atoms with E-state index in [1.165, 1.54) is 13.2 Å². The van der Waals surface area contributed by atoms with Crippen LogP contribution >= 0.6 is 0 Å². The van der Waals surface area contributed by atoms with Crippen LogP contribution in [0.1, 0.15) is 42.4 Å². The zero-order valence-corrected chi connectivity index (χ0v) is 18.9. The van der Waals surface area contributed by atoms with Crippen molar-refractivity contribution in [1.82, 2.24) is 9.97 Å². The first-order valence-electron chi connectivity index (χ1n) is 9.93. The predicted octanol–water partition coefficient (Wildman–Crippen LogP) is 4.34. The van der Waals surface area contributed by atoms with Crippen LogP contribution in [0, 0.1) is 0 Å². The topological polar surface area (TPSA) is 93.7 Å². The molecule has 1 aromatic heterocycles. The van der Waals surface area contributed by atoms with Crippen molar-refractivity contribution in [3.05, 3.63) is 35.8 Å². The molecule has 2 N–H and O–H groups in total. The van der Waals surface area contributed by atoms with E-state index in [1.807, 2.05) is 0 Å². The molecule has 1 aromatic carbocycles. The number of benzene rings is 1. The number of unbranched alkanes of at least 4 members (excludes halogenated alkanes) is 1. The highest BCUT2D eigenvalue weighted by atomic mass is 28.3. The van der Waals surface area contributed by atoms with Crippen LogP contribution < -0.4 is 9.47 Å². The molecule has 2 aromatic rings. The van der Waals surface area contributed by atoms with Gasteiger partial charge in [-0.15, -0.1) is 0 Å². The summed E-state index contributed by atoms with van der Waals surface area (Å²) in [5.74, 6) is 1.71. The quantitative estimate of drug-likeness (QED) is 0.301. The average Bonchev–Trinajstić information content (AvgIpc) is 3.12. The van der Waals surface area contributed by atoms with Gasteiger partial charge in [-0.25, -0.2) is 4.98 Å². The Hall–Kier alpha value is -2.32. The number of carbonyl (C=O) groups is 1. The molecule has 7 nitrogen and oxygen atoms in total. The molecule has 0 saturated heterocycles. The van der Waals surface area contributed by atoms with E-state index in [4.69, 9.17) is 14.2 Å². The number of Topliss-reactive ketones (excluding diaryl/α,β-unsaturated/α-hetero) is 1. The molecule has 0 aliphatic carbocycles. The number of hydrogen-bond donors (Lipinski definition) is 2. The predicted molar refractivity (Wildman–Crippen MR) is 115 cm³/mol. The Labute approximate surface area is 173 Å². The highest BCUT2D eigenvalue weighted by Gasteiger charge is 2.31. The second-order valence-electron chi connectivity index (χ2n) is 8.09. The standard InChI is InChI=1S/C21H32N2O5Si/c1-6-7-8-19-22-13-20(23-19)27-14-28-21(29(3,4)5)12-18(25)16-10-9-15(26-2)11-17(16)24/h9-11,13,21,24H,6-8,12,14H2,1-5H3,(H,22,23). The molecular weight excluding hydrogens is 388 g/mol. The molecule has 29 heavy (non-hydrogen) atoms. The highest BCUT2D eigenvalue weighted by Crippen LogP contribution is 2.26. The molecule has 0 radical (unpaired) electrons. The van der Waals surface area contributed by atoms with E-state index < -0.39 is 8.07 Å². The van der Waals surface area contributed by atoms with Crippen LogP contribution in [0.4, 0.5) is 0 Å². The number of nitrogens with zero attached hydrogens (tertiary/aromatic N) is 1. The number of aromatic amines is 1. The number of H-pyrrole nitrogens is 1. The summed E-state index contributed by atoms with van der Waals surface area (Å²) in [5.41, 5.74) is 0.0201. The summed E-state index contributed by atoms with van der Waals surface area (Å²) in [5, 5.41) is 10.1. The zero-order valence-electron chi connectivity index (χ0n) is 17.9. The molecule has 0 fully saturated rings. The normalized spacial score (nSPS) is 12.6. The summed E-state index contributed by atoms with van der Waals surface area (Å²) in [4.78, 5) is 20.2. The summed E-state index contributed by atoms with van der Waals surface area (Å²) in [7, 11) is -0.312. The van der Waals surface area contributed by atoms with Gasteiger partial charge in [-0.3, -0.25) is 4.79 Å². The van der Waals surface area contributed by atoms with E-state index in [2.05, 4.69) is 36.5 Å². The first-order chi connectivity index (χ1) is 13.7. The number of nitrogens with one attached hydrogen (secondary N) is 1. The van der Waals surface area contributed by atoms with E-state index >= 15 is 0 Å². The third-order valence-electron chi connectivity index (χ3n) is 4.70. The third kappa shape index (κ3) is 6.90. The van der Waals surface area contributed by atoms with Crippen molar-refractivity contribution in [1.29, 1.82) is 0 Å². The first kappa shape index (κ1) is 23.0. The van der Waals surface area contributed by atoms with E-state index in [0.29, 0.717) is 11.6 Å². The SMILES string of the molecule is CCCCc1ncc(OCOC(CC(=O)c2ccc(OC)cc2O)[Si](C)(C)C)[nH]1. The minimum atomic E-state index is -1.82. The zero-order chi connectivity index (χ0) is 21.4. The Morgan fingerprint density at radius 2 is 2.07 bits per heavy atom. The van der Waals surface area contributed by atoms with Crippen LogP contribution in [0.25, 0.3) is 0 Å². The van der Waals surface area contributed by atoms with Crippen molar-refractivity contribution in [2.24, 2.45) is 0 Å². The van der Waals surface area contributed by atoms with Crippen molar-refractivity contribution in [2.75, 3.05) is 13.9 Å². The number of carbonyl (C=O) groups excluding carboxylic acids is 1. The summed E-state index contributed by atoms with van der Waals surface area (Å²) < 4.78 is 16.7. The number of aromatic hydroxyl groups is 1. The van der Waals surface area contributed by atoms with E-state index in [0.717, 1.165) is 25.1 Å². The van der Waals surface area contributed by atoms with E-state index in [9.17, 15) is 9.90 Å². The van der Waals surface area contributed by atoms with Gasteiger partial charge >= 0.3 is 0 Å². The number of hydrogen-bond acceptors (Lipinski definition) is 6. The number of imidazole rings is 1. The van der Waals surface area contributed by atoms with Gasteiger partial charge in [0, 0.05) is 18.9 Å². The number of rotatable bonds is 12. The lowest BCUT2D eigenvalue weighted by atomic mass is 10.1. The molecule has 0 bridgehead atoms. The minimum absolute atomic E-state index is 0.0340. The molecular formula is C21H32N2O5Si. The lowest BCUT2D eigenvalue weighted by Crippen LogP contribution is -2.42. The van der Waals surface area contributed by atoms with Crippen LogP contribution in [0.2, 0.25) is 19.6 Å². The molecule has 160 valence electrons. The van der Waals surface area contributed by atoms with Crippen molar-refractivity contribution in [2.45, 2.75) is 58.0 Å². The van der Waals surface area contributed by atoms with Gasteiger partial charge in [0.1, 0.15) is 17.3 Å². The summed E-state index contributed by atoms with van der Waals surface area (Å²) in [6.45, 7) is 8.58. The fraction of sp³-hybridized carbons (Fsp3) is 0.524. The number of aromatic nitrogens is 2. The fourth-order valence-electron chi connectivity index (χ4n) is 2.84. The Morgan fingerprint density at radius 1 is 1.31 bits per heavy atom. The molecule has 0 aliphatic rings. The molecule has 0 amide bonds. The fourth-order valence-corrected chi connectivity index (χ4v) is 4.20. The van der Waals surface area contributed by atoms with Crippen molar-refractivity contribution in [3.8, 4) is 17.4 Å². The van der Waals surface area contributed by atoms with Gasteiger partial charge in [-0.1, -0.05) is 33.0 Å². The van der Waals surface area contributed by atoms with Gasteiger partial charge in [-0.2, -0.15) is 0 Å². The van der Waals surface area contributed by atoms with Crippen LogP contribution in [-0.4, -0.2) is 48.6 Å². The number of ether oxygens (including phenoxy) is 3. The molecule has 1 unspecified atom stereocenters. The Bertz CT molecular complexity index is 801. The maximum absolute atomic E-state index is 12.7. The summed E-state index contributed by atoms with van der Waals surface area (Å²) in [6, 6.07) is 4.68. The Balaban J connectivity index is 1.95. The van der Waals surface area contributed by atoms with Gasteiger partial charge in [0.25, 0.3) is 0 Å². The summed E-state index contributed by atoms with van der Waals surface area (Å²) in [6.07, 6.45) is 4.90. The average molecular weight is 421 g/mol. The van der Waals surface area contributed by atoms with Crippen LogP contribution in [-0.2, 0) is 11.2 Å². The molecule has 0 aliphatic heterocycles. The molecule has 0 saturated carbocycles. The first-order valence-corrected chi connectivity index (χ1v) is 13.5. The van der Waals surface area contributed by atoms with Crippen LogP contribution in [0.15, 0.2) is 24.4 Å². The van der Waals surface area contributed by atoms with Gasteiger partial charge in [0.05, 0.1) is 32.7 Å². The minimum Gasteiger partial charge on any atom is -0.507 e. The van der Waals surface area contributed by atoms with Crippen molar-refractivity contribution < 1.29 is 24.1 Å². The molecule has 2 rings (SSSR count). The molecule has 8 heteroatoms. The lowest BCUT2D eigenvalue weighted by Gasteiger charge is -2.28. The molecule has 1 atom stereocenters. The molecule has 0 spiro atoms. The number of methoxy groups -OCH3 is 1. The number of phenols is 1. The number of aryl methyl sites for hydroxylation is 1. The third-order valence-corrected chi connectivity index (χ3v) is 7.00.